The Bertz CT molecular complexity index is 455. The third-order valence-electron chi connectivity index (χ3n) is 3.42. The SMILES string of the molecule is C[C@@]12CC(=O)O[C@@H]1c1cc(F)ccc1C2. The Morgan fingerprint density at radius 1 is 1.47 bits per heavy atom. The van der Waals surface area contributed by atoms with E-state index in [0.717, 1.165) is 17.5 Å². The minimum absolute atomic E-state index is 0.160. The molecule has 1 heterocycles. The zero-order valence-electron chi connectivity index (χ0n) is 8.42. The number of rotatable bonds is 0. The van der Waals surface area contributed by atoms with Gasteiger partial charge in [-0.25, -0.2) is 4.39 Å². The molecule has 0 aromatic heterocycles. The summed E-state index contributed by atoms with van der Waals surface area (Å²) in [5.74, 6) is -0.432. The van der Waals surface area contributed by atoms with E-state index in [1.165, 1.54) is 12.1 Å². The molecule has 2 nitrogen and oxygen atoms in total. The van der Waals surface area contributed by atoms with Crippen LogP contribution in [0.3, 0.4) is 0 Å². The molecule has 0 amide bonds. The summed E-state index contributed by atoms with van der Waals surface area (Å²) >= 11 is 0. The van der Waals surface area contributed by atoms with Crippen molar-refractivity contribution in [2.45, 2.75) is 25.9 Å². The molecular weight excluding hydrogens is 195 g/mol. The van der Waals surface area contributed by atoms with E-state index in [1.807, 2.05) is 6.92 Å². The van der Waals surface area contributed by atoms with Crippen LogP contribution >= 0.6 is 0 Å². The van der Waals surface area contributed by atoms with Crippen LogP contribution in [-0.2, 0) is 16.0 Å². The number of benzene rings is 1. The van der Waals surface area contributed by atoms with Crippen LogP contribution < -0.4 is 0 Å². The third kappa shape index (κ3) is 1.12. The summed E-state index contributed by atoms with van der Waals surface area (Å²) < 4.78 is 18.4. The predicted octanol–water partition coefficient (Wildman–Crippen LogP) is 2.38. The summed E-state index contributed by atoms with van der Waals surface area (Å²) in [7, 11) is 0. The first kappa shape index (κ1) is 8.89. The first-order valence-electron chi connectivity index (χ1n) is 5.06. The lowest BCUT2D eigenvalue weighted by Gasteiger charge is -2.19. The van der Waals surface area contributed by atoms with E-state index in [2.05, 4.69) is 0 Å². The van der Waals surface area contributed by atoms with Crippen LogP contribution in [-0.4, -0.2) is 5.97 Å². The number of hydrogen-bond acceptors (Lipinski definition) is 2. The van der Waals surface area contributed by atoms with Gasteiger partial charge in [0.15, 0.2) is 0 Å². The maximum absolute atomic E-state index is 13.1. The summed E-state index contributed by atoms with van der Waals surface area (Å²) in [5, 5.41) is 0. The van der Waals surface area contributed by atoms with Gasteiger partial charge in [-0.1, -0.05) is 13.0 Å². The molecule has 1 saturated heterocycles. The lowest BCUT2D eigenvalue weighted by Crippen LogP contribution is -2.16. The summed E-state index contributed by atoms with van der Waals surface area (Å²) in [4.78, 5) is 11.2. The largest absolute Gasteiger partial charge is 0.457 e. The first-order valence-corrected chi connectivity index (χ1v) is 5.06. The minimum atomic E-state index is -0.263. The van der Waals surface area contributed by atoms with Gasteiger partial charge in [-0.15, -0.1) is 0 Å². The molecule has 15 heavy (non-hydrogen) atoms. The molecule has 3 heteroatoms. The molecule has 0 unspecified atom stereocenters. The molecule has 1 aliphatic carbocycles. The number of esters is 1. The monoisotopic (exact) mass is 206 g/mol. The molecule has 1 aromatic rings. The van der Waals surface area contributed by atoms with Gasteiger partial charge in [0.2, 0.25) is 0 Å². The molecule has 0 saturated carbocycles. The Morgan fingerprint density at radius 3 is 3.07 bits per heavy atom. The second-order valence-electron chi connectivity index (χ2n) is 4.72. The average Bonchev–Trinajstić information content (AvgIpc) is 2.56. The zero-order chi connectivity index (χ0) is 10.6. The van der Waals surface area contributed by atoms with Crippen LogP contribution in [0.15, 0.2) is 18.2 Å². The topological polar surface area (TPSA) is 26.3 Å². The molecule has 78 valence electrons. The van der Waals surface area contributed by atoms with E-state index < -0.39 is 0 Å². The standard InChI is InChI=1S/C12H11FO2/c1-12-5-7-2-3-8(13)4-9(7)11(12)15-10(14)6-12/h2-4,11H,5-6H2,1H3/t11-,12-/m1/s1. The highest BCUT2D eigenvalue weighted by Crippen LogP contribution is 2.54. The fraction of sp³-hybridized carbons (Fsp3) is 0.417. The van der Waals surface area contributed by atoms with Gasteiger partial charge in [0.05, 0.1) is 6.42 Å². The number of carbonyl (C=O) groups is 1. The minimum Gasteiger partial charge on any atom is -0.457 e. The van der Waals surface area contributed by atoms with E-state index in [0.29, 0.717) is 6.42 Å². The average molecular weight is 206 g/mol. The lowest BCUT2D eigenvalue weighted by molar-refractivity contribution is -0.141. The Hall–Kier alpha value is -1.38. The van der Waals surface area contributed by atoms with E-state index >= 15 is 0 Å². The lowest BCUT2D eigenvalue weighted by atomic mass is 9.84. The van der Waals surface area contributed by atoms with Crippen molar-refractivity contribution >= 4 is 5.97 Å². The second-order valence-corrected chi connectivity index (χ2v) is 4.72. The molecule has 0 spiro atoms. The fourth-order valence-corrected chi connectivity index (χ4v) is 2.74. The van der Waals surface area contributed by atoms with Crippen LogP contribution in [0.4, 0.5) is 4.39 Å². The highest BCUT2D eigenvalue weighted by Gasteiger charge is 2.51. The van der Waals surface area contributed by atoms with Crippen LogP contribution in [0.1, 0.15) is 30.6 Å². The van der Waals surface area contributed by atoms with Crippen molar-refractivity contribution in [1.29, 1.82) is 0 Å². The predicted molar refractivity (Wildman–Crippen MR) is 51.7 cm³/mol. The summed E-state index contributed by atoms with van der Waals surface area (Å²) in [5.41, 5.74) is 1.80. The fourth-order valence-electron chi connectivity index (χ4n) is 2.74. The Balaban J connectivity index is 2.12. The number of carbonyl (C=O) groups excluding carboxylic acids is 1. The van der Waals surface area contributed by atoms with Crippen molar-refractivity contribution in [1.82, 2.24) is 0 Å². The molecule has 0 N–H and O–H groups in total. The van der Waals surface area contributed by atoms with Crippen molar-refractivity contribution in [2.75, 3.05) is 0 Å². The molecule has 2 aliphatic rings. The van der Waals surface area contributed by atoms with Gasteiger partial charge in [0, 0.05) is 5.41 Å². The van der Waals surface area contributed by atoms with E-state index in [1.54, 1.807) is 6.07 Å². The van der Waals surface area contributed by atoms with Gasteiger partial charge in [-0.05, 0) is 29.7 Å². The number of hydrogen-bond donors (Lipinski definition) is 0. The van der Waals surface area contributed by atoms with Gasteiger partial charge in [0.25, 0.3) is 0 Å². The Morgan fingerprint density at radius 2 is 2.27 bits per heavy atom. The number of ether oxygens (including phenoxy) is 1. The summed E-state index contributed by atoms with van der Waals surface area (Å²) in [6, 6.07) is 4.75. The normalized spacial score (nSPS) is 32.4. The highest BCUT2D eigenvalue weighted by molar-refractivity contribution is 5.74. The smallest absolute Gasteiger partial charge is 0.307 e. The maximum atomic E-state index is 13.1. The molecule has 1 aromatic carbocycles. The first-order chi connectivity index (χ1) is 7.08. The van der Waals surface area contributed by atoms with Crippen molar-refractivity contribution in [2.24, 2.45) is 5.41 Å². The van der Waals surface area contributed by atoms with Crippen molar-refractivity contribution in [3.8, 4) is 0 Å². The molecule has 2 atom stereocenters. The molecule has 0 radical (unpaired) electrons. The second kappa shape index (κ2) is 2.60. The van der Waals surface area contributed by atoms with E-state index in [-0.39, 0.29) is 23.3 Å². The number of halogens is 1. The molecule has 0 bridgehead atoms. The van der Waals surface area contributed by atoms with Crippen molar-refractivity contribution in [3.05, 3.63) is 35.1 Å². The van der Waals surface area contributed by atoms with Crippen LogP contribution in [0.2, 0.25) is 0 Å². The van der Waals surface area contributed by atoms with Crippen LogP contribution in [0, 0.1) is 11.2 Å². The maximum Gasteiger partial charge on any atom is 0.307 e. The highest BCUT2D eigenvalue weighted by atomic mass is 19.1. The summed E-state index contributed by atoms with van der Waals surface area (Å²) in [6.07, 6.45) is 1.00. The van der Waals surface area contributed by atoms with Crippen molar-refractivity contribution < 1.29 is 13.9 Å². The molecular formula is C12H11FO2. The quantitative estimate of drug-likeness (QED) is 0.609. The Labute approximate surface area is 87.0 Å². The zero-order valence-corrected chi connectivity index (χ0v) is 8.42. The van der Waals surface area contributed by atoms with Crippen molar-refractivity contribution in [3.63, 3.8) is 0 Å². The molecule has 3 rings (SSSR count). The van der Waals surface area contributed by atoms with Gasteiger partial charge in [-0.3, -0.25) is 4.79 Å². The van der Waals surface area contributed by atoms with Crippen LogP contribution in [0.5, 0.6) is 0 Å². The Kier molecular flexibility index (Phi) is 1.54. The van der Waals surface area contributed by atoms with Gasteiger partial charge < -0.3 is 4.74 Å². The van der Waals surface area contributed by atoms with Gasteiger partial charge in [0.1, 0.15) is 11.9 Å². The third-order valence-corrected chi connectivity index (χ3v) is 3.42. The van der Waals surface area contributed by atoms with Crippen LogP contribution in [0.25, 0.3) is 0 Å². The van der Waals surface area contributed by atoms with E-state index in [9.17, 15) is 9.18 Å². The summed E-state index contributed by atoms with van der Waals surface area (Å²) in [6.45, 7) is 2.03. The molecule has 1 fully saturated rings. The molecule has 1 aliphatic heterocycles. The van der Waals surface area contributed by atoms with E-state index in [4.69, 9.17) is 4.74 Å². The number of fused-ring (bicyclic) bond motifs is 3. The van der Waals surface area contributed by atoms with Gasteiger partial charge in [-0.2, -0.15) is 0 Å². The van der Waals surface area contributed by atoms with Gasteiger partial charge >= 0.3 is 5.97 Å².